The van der Waals surface area contributed by atoms with E-state index in [-0.39, 0.29) is 11.4 Å². The van der Waals surface area contributed by atoms with Crippen LogP contribution in [0.25, 0.3) is 0 Å². The number of methoxy groups -OCH3 is 1. The summed E-state index contributed by atoms with van der Waals surface area (Å²) in [5.74, 6) is 0.255. The van der Waals surface area contributed by atoms with Crippen molar-refractivity contribution < 1.29 is 14.3 Å². The highest BCUT2D eigenvalue weighted by Gasteiger charge is 2.16. The summed E-state index contributed by atoms with van der Waals surface area (Å²) in [6.45, 7) is 5.97. The molecular weight excluding hydrogens is 250 g/mol. The fourth-order valence-corrected chi connectivity index (χ4v) is 1.26. The molecule has 0 saturated carbocycles. The third-order valence-electron chi connectivity index (χ3n) is 2.00. The van der Waals surface area contributed by atoms with Gasteiger partial charge in [0.05, 0.1) is 13.2 Å². The van der Waals surface area contributed by atoms with Gasteiger partial charge in [0.1, 0.15) is 5.60 Å². The predicted octanol–water partition coefficient (Wildman–Crippen LogP) is 1.24. The van der Waals surface area contributed by atoms with E-state index in [1.165, 1.54) is 23.9 Å². The van der Waals surface area contributed by atoms with Crippen molar-refractivity contribution in [3.8, 4) is 0 Å². The van der Waals surface area contributed by atoms with Gasteiger partial charge >= 0.3 is 6.09 Å². The van der Waals surface area contributed by atoms with Gasteiger partial charge in [-0.1, -0.05) is 0 Å². The Morgan fingerprint density at radius 1 is 1.42 bits per heavy atom. The maximum absolute atomic E-state index is 11.6. The number of hydrogen-bond acceptors (Lipinski definition) is 5. The average Bonchev–Trinajstić information content (AvgIpc) is 2.27. The summed E-state index contributed by atoms with van der Waals surface area (Å²) in [5.41, 5.74) is -0.846. The van der Waals surface area contributed by atoms with Crippen LogP contribution in [0.15, 0.2) is 16.9 Å². The van der Waals surface area contributed by atoms with Crippen LogP contribution in [0.4, 0.5) is 10.6 Å². The molecule has 1 heterocycles. The van der Waals surface area contributed by atoms with Crippen molar-refractivity contribution in [1.29, 1.82) is 0 Å². The van der Waals surface area contributed by atoms with E-state index >= 15 is 0 Å². The molecule has 0 aliphatic heterocycles. The van der Waals surface area contributed by atoms with Crippen LogP contribution in [-0.4, -0.2) is 35.2 Å². The molecule has 19 heavy (non-hydrogen) atoms. The molecule has 106 valence electrons. The van der Waals surface area contributed by atoms with Gasteiger partial charge in [-0.15, -0.1) is 0 Å². The van der Waals surface area contributed by atoms with Gasteiger partial charge in [0.15, 0.2) is 5.82 Å². The maximum atomic E-state index is 11.6. The minimum Gasteiger partial charge on any atom is -0.444 e. The first-order valence-electron chi connectivity index (χ1n) is 5.89. The lowest BCUT2D eigenvalue weighted by Gasteiger charge is -2.19. The molecular formula is C12H19N3O4. The molecule has 0 aromatic carbocycles. The van der Waals surface area contributed by atoms with E-state index in [2.05, 4.69) is 10.4 Å². The lowest BCUT2D eigenvalue weighted by atomic mass is 10.2. The Kier molecular flexibility index (Phi) is 5.05. The Labute approximate surface area is 111 Å². The van der Waals surface area contributed by atoms with E-state index in [9.17, 15) is 9.59 Å². The van der Waals surface area contributed by atoms with Gasteiger partial charge in [-0.2, -0.15) is 5.10 Å². The fourth-order valence-electron chi connectivity index (χ4n) is 1.26. The minimum absolute atomic E-state index is 0.255. The second kappa shape index (κ2) is 6.33. The lowest BCUT2D eigenvalue weighted by Crippen LogP contribution is -2.29. The number of hydrogen-bond donors (Lipinski definition) is 1. The van der Waals surface area contributed by atoms with E-state index in [0.717, 1.165) is 0 Å². The summed E-state index contributed by atoms with van der Waals surface area (Å²) in [6.07, 6.45) is -0.614. The minimum atomic E-state index is -0.614. The largest absolute Gasteiger partial charge is 0.444 e. The van der Waals surface area contributed by atoms with Gasteiger partial charge in [-0.05, 0) is 26.8 Å². The summed E-state index contributed by atoms with van der Waals surface area (Å²) in [6, 6.07) is 2.75. The molecule has 0 bridgehead atoms. The zero-order valence-electron chi connectivity index (χ0n) is 11.6. The SMILES string of the molecule is COCCn1nc(NC(=O)OC(C)(C)C)ccc1=O. The molecule has 0 unspecified atom stereocenters. The van der Waals surface area contributed by atoms with Crippen LogP contribution in [0, 0.1) is 0 Å². The highest BCUT2D eigenvalue weighted by molar-refractivity contribution is 5.83. The predicted molar refractivity (Wildman–Crippen MR) is 70.2 cm³/mol. The number of nitrogens with zero attached hydrogens (tertiary/aromatic N) is 2. The summed E-state index contributed by atoms with van der Waals surface area (Å²) in [4.78, 5) is 23.0. The molecule has 1 aromatic heterocycles. The van der Waals surface area contributed by atoms with Crippen LogP contribution in [-0.2, 0) is 16.0 Å². The smallest absolute Gasteiger partial charge is 0.413 e. The van der Waals surface area contributed by atoms with Crippen molar-refractivity contribution in [2.75, 3.05) is 19.0 Å². The van der Waals surface area contributed by atoms with Crippen molar-refractivity contribution in [3.63, 3.8) is 0 Å². The number of anilines is 1. The molecule has 1 N–H and O–H groups in total. The molecule has 0 aliphatic carbocycles. The first-order chi connectivity index (χ1) is 8.81. The highest BCUT2D eigenvalue weighted by atomic mass is 16.6. The Morgan fingerprint density at radius 2 is 2.11 bits per heavy atom. The monoisotopic (exact) mass is 269 g/mol. The van der Waals surface area contributed by atoms with Gasteiger partial charge in [0.25, 0.3) is 5.56 Å². The van der Waals surface area contributed by atoms with Crippen LogP contribution < -0.4 is 10.9 Å². The van der Waals surface area contributed by atoms with Gasteiger partial charge in [0, 0.05) is 13.2 Å². The second-order valence-corrected chi connectivity index (χ2v) is 4.90. The quantitative estimate of drug-likeness (QED) is 0.889. The van der Waals surface area contributed by atoms with E-state index in [4.69, 9.17) is 9.47 Å². The summed E-state index contributed by atoms with van der Waals surface area (Å²) >= 11 is 0. The third kappa shape index (κ3) is 5.52. The highest BCUT2D eigenvalue weighted by Crippen LogP contribution is 2.08. The van der Waals surface area contributed by atoms with E-state index in [0.29, 0.717) is 13.2 Å². The van der Waals surface area contributed by atoms with Gasteiger partial charge in [0.2, 0.25) is 0 Å². The van der Waals surface area contributed by atoms with Crippen LogP contribution in [0.2, 0.25) is 0 Å². The first kappa shape index (κ1) is 15.2. The topological polar surface area (TPSA) is 82.4 Å². The lowest BCUT2D eigenvalue weighted by molar-refractivity contribution is 0.0635. The standard InChI is InChI=1S/C12H19N3O4/c1-12(2,3)19-11(17)13-9-5-6-10(16)15(14-9)7-8-18-4/h5-6H,7-8H2,1-4H3,(H,13,14,17). The molecule has 0 saturated heterocycles. The fraction of sp³-hybridized carbons (Fsp3) is 0.583. The van der Waals surface area contributed by atoms with Crippen LogP contribution >= 0.6 is 0 Å². The zero-order chi connectivity index (χ0) is 14.5. The van der Waals surface area contributed by atoms with E-state index < -0.39 is 11.7 Å². The third-order valence-corrected chi connectivity index (χ3v) is 2.00. The summed E-state index contributed by atoms with van der Waals surface area (Å²) in [7, 11) is 1.54. The van der Waals surface area contributed by atoms with Crippen LogP contribution in [0.3, 0.4) is 0 Å². The molecule has 1 aromatic rings. The number of ether oxygens (including phenoxy) is 2. The van der Waals surface area contributed by atoms with E-state index in [1.54, 1.807) is 20.8 Å². The summed E-state index contributed by atoms with van der Waals surface area (Å²) < 4.78 is 11.2. The molecule has 1 amide bonds. The molecule has 7 heteroatoms. The second-order valence-electron chi connectivity index (χ2n) is 4.90. The number of nitrogens with one attached hydrogen (secondary N) is 1. The number of amides is 1. The van der Waals surface area contributed by atoms with Gasteiger partial charge in [-0.3, -0.25) is 10.1 Å². The maximum Gasteiger partial charge on any atom is 0.413 e. The zero-order valence-corrected chi connectivity index (χ0v) is 11.6. The van der Waals surface area contributed by atoms with Crippen LogP contribution in [0.1, 0.15) is 20.8 Å². The van der Waals surface area contributed by atoms with Crippen molar-refractivity contribution in [2.45, 2.75) is 32.9 Å². The number of carbonyl (C=O) groups excluding carboxylic acids is 1. The Morgan fingerprint density at radius 3 is 2.68 bits per heavy atom. The molecule has 0 fully saturated rings. The molecule has 0 radical (unpaired) electrons. The molecule has 7 nitrogen and oxygen atoms in total. The number of aromatic nitrogens is 2. The van der Waals surface area contributed by atoms with Gasteiger partial charge < -0.3 is 9.47 Å². The average molecular weight is 269 g/mol. The molecule has 0 spiro atoms. The van der Waals surface area contributed by atoms with Crippen LogP contribution in [0.5, 0.6) is 0 Å². The number of rotatable bonds is 4. The van der Waals surface area contributed by atoms with Crippen molar-refractivity contribution in [1.82, 2.24) is 9.78 Å². The molecule has 0 aliphatic rings. The Hall–Kier alpha value is -1.89. The molecule has 0 atom stereocenters. The normalized spacial score (nSPS) is 11.2. The Balaban J connectivity index is 2.74. The van der Waals surface area contributed by atoms with Crippen molar-refractivity contribution >= 4 is 11.9 Å². The van der Waals surface area contributed by atoms with E-state index in [1.807, 2.05) is 0 Å². The van der Waals surface area contributed by atoms with Crippen molar-refractivity contribution in [3.05, 3.63) is 22.5 Å². The molecule has 1 rings (SSSR count). The van der Waals surface area contributed by atoms with Gasteiger partial charge in [-0.25, -0.2) is 9.48 Å². The Bertz CT molecular complexity index is 490. The first-order valence-corrected chi connectivity index (χ1v) is 5.89. The number of carbonyl (C=O) groups is 1. The summed E-state index contributed by atoms with van der Waals surface area (Å²) in [5, 5.41) is 6.46. The van der Waals surface area contributed by atoms with Crippen molar-refractivity contribution in [2.24, 2.45) is 0 Å².